The molecule has 0 aliphatic carbocycles. The first-order chi connectivity index (χ1) is 10.4. The highest BCUT2D eigenvalue weighted by Crippen LogP contribution is 2.33. The molecule has 0 radical (unpaired) electrons. The second kappa shape index (κ2) is 9.06. The fourth-order valence-electron chi connectivity index (χ4n) is 3.51. The van der Waals surface area contributed by atoms with Crippen LogP contribution in [-0.2, 0) is 14.3 Å². The summed E-state index contributed by atoms with van der Waals surface area (Å²) in [5, 5.41) is 12.5. The predicted molar refractivity (Wildman–Crippen MR) is 85.8 cm³/mol. The Labute approximate surface area is 133 Å². The zero-order chi connectivity index (χ0) is 16.7. The van der Waals surface area contributed by atoms with Gasteiger partial charge in [0, 0.05) is 25.5 Å². The molecule has 1 heterocycles. The van der Waals surface area contributed by atoms with Crippen LogP contribution in [0, 0.1) is 11.8 Å². The van der Waals surface area contributed by atoms with E-state index in [2.05, 4.69) is 12.2 Å². The van der Waals surface area contributed by atoms with Crippen LogP contribution in [0.2, 0.25) is 0 Å². The molecule has 0 bridgehead atoms. The third-order valence-electron chi connectivity index (χ3n) is 4.44. The van der Waals surface area contributed by atoms with Gasteiger partial charge in [-0.2, -0.15) is 0 Å². The van der Waals surface area contributed by atoms with Gasteiger partial charge >= 0.3 is 5.97 Å². The van der Waals surface area contributed by atoms with Crippen LogP contribution in [0.3, 0.4) is 0 Å². The van der Waals surface area contributed by atoms with Gasteiger partial charge in [-0.05, 0) is 32.6 Å². The first kappa shape index (κ1) is 18.8. The molecular formula is C17H29NO4. The van der Waals surface area contributed by atoms with Crippen molar-refractivity contribution in [1.82, 2.24) is 5.32 Å². The molecule has 0 spiro atoms. The molecule has 5 nitrogen and oxygen atoms in total. The first-order valence-electron chi connectivity index (χ1n) is 8.08. The Morgan fingerprint density at radius 2 is 2.14 bits per heavy atom. The third-order valence-corrected chi connectivity index (χ3v) is 4.44. The molecule has 1 rings (SSSR count). The highest BCUT2D eigenvalue weighted by molar-refractivity contribution is 5.76. The van der Waals surface area contributed by atoms with Crippen molar-refractivity contribution < 1.29 is 19.4 Å². The molecule has 5 atom stereocenters. The van der Waals surface area contributed by atoms with Crippen molar-refractivity contribution >= 4 is 11.8 Å². The van der Waals surface area contributed by atoms with Crippen molar-refractivity contribution in [1.29, 1.82) is 0 Å². The average Bonchev–Trinajstić information content (AvgIpc) is 2.87. The number of carboxylic acids is 1. The summed E-state index contributed by atoms with van der Waals surface area (Å²) < 4.78 is 5.62. The Morgan fingerprint density at radius 3 is 2.59 bits per heavy atom. The van der Waals surface area contributed by atoms with E-state index in [1.165, 1.54) is 0 Å². The van der Waals surface area contributed by atoms with E-state index in [1.54, 1.807) is 14.0 Å². The van der Waals surface area contributed by atoms with Gasteiger partial charge in [-0.15, -0.1) is 0 Å². The zero-order valence-electron chi connectivity index (χ0n) is 14.0. The molecule has 0 aromatic rings. The Bertz CT molecular complexity index is 407. The molecular weight excluding hydrogens is 282 g/mol. The van der Waals surface area contributed by atoms with Gasteiger partial charge in [-0.25, -0.2) is 0 Å². The smallest absolute Gasteiger partial charge is 0.320 e. The fourth-order valence-corrected chi connectivity index (χ4v) is 3.51. The van der Waals surface area contributed by atoms with E-state index in [-0.39, 0.29) is 29.8 Å². The molecule has 1 fully saturated rings. The SMILES string of the molecule is C/C=C\C1CC(C(=O)O)NC1C(CC(C)=O)[C@H](CCC)OC. The van der Waals surface area contributed by atoms with Gasteiger partial charge in [0.15, 0.2) is 0 Å². The van der Waals surface area contributed by atoms with E-state index >= 15 is 0 Å². The van der Waals surface area contributed by atoms with E-state index in [0.29, 0.717) is 12.8 Å². The van der Waals surface area contributed by atoms with Crippen LogP contribution in [0.15, 0.2) is 12.2 Å². The number of hydrogen-bond donors (Lipinski definition) is 2. The summed E-state index contributed by atoms with van der Waals surface area (Å²) in [6.45, 7) is 5.60. The molecule has 0 amide bonds. The Kier molecular flexibility index (Phi) is 7.76. The highest BCUT2D eigenvalue weighted by Gasteiger charge is 2.42. The Morgan fingerprint density at radius 1 is 1.45 bits per heavy atom. The summed E-state index contributed by atoms with van der Waals surface area (Å²) >= 11 is 0. The van der Waals surface area contributed by atoms with Gasteiger partial charge in [0.2, 0.25) is 0 Å². The topological polar surface area (TPSA) is 75.6 Å². The summed E-state index contributed by atoms with van der Waals surface area (Å²) in [5.74, 6) is -0.607. The minimum atomic E-state index is -0.831. The maximum absolute atomic E-state index is 11.7. The predicted octanol–water partition coefficient (Wildman–Crippen LogP) is 2.40. The summed E-state index contributed by atoms with van der Waals surface area (Å²) in [6.07, 6.45) is 6.77. The van der Waals surface area contributed by atoms with Crippen LogP contribution in [0.5, 0.6) is 0 Å². The van der Waals surface area contributed by atoms with Crippen molar-refractivity contribution in [3.8, 4) is 0 Å². The first-order valence-corrected chi connectivity index (χ1v) is 8.08. The van der Waals surface area contributed by atoms with Crippen LogP contribution in [0.25, 0.3) is 0 Å². The standard InChI is InChI=1S/C17H29NO4/c1-5-7-12-10-14(17(20)21)18-16(12)13(9-11(3)19)15(22-4)8-6-2/h5,7,12-16,18H,6,8-10H2,1-4H3,(H,20,21)/b7-5-/t12?,13?,14?,15-,16?/m0/s1. The van der Waals surface area contributed by atoms with E-state index in [9.17, 15) is 14.7 Å². The molecule has 22 heavy (non-hydrogen) atoms. The number of aliphatic carboxylic acids is 1. The van der Waals surface area contributed by atoms with Crippen LogP contribution >= 0.6 is 0 Å². The molecule has 1 aliphatic rings. The van der Waals surface area contributed by atoms with Gasteiger partial charge in [0.25, 0.3) is 0 Å². The molecule has 1 aliphatic heterocycles. The second-order valence-electron chi connectivity index (χ2n) is 6.14. The van der Waals surface area contributed by atoms with Crippen LogP contribution in [0.4, 0.5) is 0 Å². The molecule has 1 saturated heterocycles. The molecule has 0 saturated carbocycles. The number of nitrogens with one attached hydrogen (secondary N) is 1. The molecule has 5 heteroatoms. The third kappa shape index (κ3) is 4.92. The molecule has 4 unspecified atom stereocenters. The van der Waals surface area contributed by atoms with E-state index in [1.807, 2.05) is 19.1 Å². The van der Waals surface area contributed by atoms with Crippen LogP contribution < -0.4 is 5.32 Å². The normalized spacial score (nSPS) is 27.9. The number of carbonyl (C=O) groups excluding carboxylic acids is 1. The monoisotopic (exact) mass is 311 g/mol. The van der Waals surface area contributed by atoms with Crippen LogP contribution in [-0.4, -0.2) is 42.2 Å². The Balaban J connectivity index is 3.02. The number of Topliss-reactive ketones (excluding diaryl/α,β-unsaturated/α-hetero) is 1. The van der Waals surface area contributed by atoms with Gasteiger partial charge in [-0.3, -0.25) is 4.79 Å². The molecule has 2 N–H and O–H groups in total. The molecule has 0 aromatic heterocycles. The van der Waals surface area contributed by atoms with Crippen molar-refractivity contribution in [3.63, 3.8) is 0 Å². The summed E-state index contributed by atoms with van der Waals surface area (Å²) in [5.41, 5.74) is 0. The number of carboxylic acid groups (broad SMARTS) is 1. The zero-order valence-corrected chi connectivity index (χ0v) is 14.0. The molecule has 0 aromatic carbocycles. The maximum Gasteiger partial charge on any atom is 0.320 e. The van der Waals surface area contributed by atoms with Crippen molar-refractivity contribution in [2.24, 2.45) is 11.8 Å². The number of methoxy groups -OCH3 is 1. The maximum atomic E-state index is 11.7. The van der Waals surface area contributed by atoms with Crippen molar-refractivity contribution in [3.05, 3.63) is 12.2 Å². The number of ketones is 1. The lowest BCUT2D eigenvalue weighted by Gasteiger charge is -2.33. The fraction of sp³-hybridized carbons (Fsp3) is 0.765. The second-order valence-corrected chi connectivity index (χ2v) is 6.14. The molecule has 126 valence electrons. The number of rotatable bonds is 9. The van der Waals surface area contributed by atoms with Crippen molar-refractivity contribution in [2.45, 2.75) is 64.6 Å². The van der Waals surface area contributed by atoms with E-state index < -0.39 is 12.0 Å². The van der Waals surface area contributed by atoms with Gasteiger partial charge in [0.1, 0.15) is 11.8 Å². The lowest BCUT2D eigenvalue weighted by Crippen LogP contribution is -2.46. The summed E-state index contributed by atoms with van der Waals surface area (Å²) in [6, 6.07) is -0.600. The lowest BCUT2D eigenvalue weighted by molar-refractivity contribution is -0.139. The summed E-state index contributed by atoms with van der Waals surface area (Å²) in [4.78, 5) is 23.0. The van der Waals surface area contributed by atoms with E-state index in [0.717, 1.165) is 12.8 Å². The van der Waals surface area contributed by atoms with Gasteiger partial charge < -0.3 is 20.0 Å². The minimum absolute atomic E-state index is 0.00648. The average molecular weight is 311 g/mol. The highest BCUT2D eigenvalue weighted by atomic mass is 16.5. The largest absolute Gasteiger partial charge is 0.480 e. The number of hydrogen-bond acceptors (Lipinski definition) is 4. The van der Waals surface area contributed by atoms with Gasteiger partial charge in [-0.1, -0.05) is 25.5 Å². The lowest BCUT2D eigenvalue weighted by atomic mass is 9.81. The van der Waals surface area contributed by atoms with Gasteiger partial charge in [0.05, 0.1) is 6.10 Å². The van der Waals surface area contributed by atoms with E-state index in [4.69, 9.17) is 4.74 Å². The summed E-state index contributed by atoms with van der Waals surface area (Å²) in [7, 11) is 1.67. The number of carbonyl (C=O) groups is 2. The minimum Gasteiger partial charge on any atom is -0.480 e. The number of allylic oxidation sites excluding steroid dienone is 1. The quantitative estimate of drug-likeness (QED) is 0.640. The van der Waals surface area contributed by atoms with Crippen LogP contribution in [0.1, 0.15) is 46.5 Å². The Hall–Kier alpha value is -1.20. The number of ether oxygens (including phenoxy) is 1. The van der Waals surface area contributed by atoms with Crippen molar-refractivity contribution in [2.75, 3.05) is 7.11 Å².